The van der Waals surface area contributed by atoms with Crippen LogP contribution in [0, 0.1) is 0 Å². The van der Waals surface area contributed by atoms with Crippen LogP contribution in [0.15, 0.2) is 93.5 Å². The van der Waals surface area contributed by atoms with Crippen molar-refractivity contribution in [3.63, 3.8) is 0 Å². The maximum absolute atomic E-state index is 15.1. The molecule has 0 bridgehead atoms. The second-order valence-corrected chi connectivity index (χ2v) is 15.2. The summed E-state index contributed by atoms with van der Waals surface area (Å²) < 4.78 is 157. The van der Waals surface area contributed by atoms with E-state index in [1.807, 2.05) is 13.8 Å². The fraction of sp³-hybridized carbons (Fsp3) is 0.438. The third-order valence-corrected chi connectivity index (χ3v) is 12.6. The molecule has 14 heteroatoms. The van der Waals surface area contributed by atoms with Gasteiger partial charge in [-0.3, -0.25) is 0 Å². The highest BCUT2D eigenvalue weighted by Crippen LogP contribution is 2.71. The minimum Gasteiger partial charge on any atom is -0.202 e. The van der Waals surface area contributed by atoms with Gasteiger partial charge >= 0.3 is 33.4 Å². The molecule has 256 valence electrons. The van der Waals surface area contributed by atoms with Crippen LogP contribution >= 0.6 is 10.3 Å². The summed E-state index contributed by atoms with van der Waals surface area (Å²) in [7, 11) is -11.3. The first-order valence-electron chi connectivity index (χ1n) is 14.6. The molecule has 0 aliphatic rings. The highest BCUT2D eigenvalue weighted by molar-refractivity contribution is 8.33. The lowest BCUT2D eigenvalue weighted by Crippen LogP contribution is -2.63. The van der Waals surface area contributed by atoms with Gasteiger partial charge in [-0.25, -0.2) is 3.63 Å². The zero-order chi connectivity index (χ0) is 34.4. The lowest BCUT2D eigenvalue weighted by atomic mass is 10.1. The van der Waals surface area contributed by atoms with Crippen LogP contribution in [-0.4, -0.2) is 31.7 Å². The highest BCUT2D eigenvalue weighted by Gasteiger charge is 2.86. The van der Waals surface area contributed by atoms with E-state index in [0.717, 1.165) is 49.7 Å². The Morgan fingerprint density at radius 2 is 0.935 bits per heavy atom. The first kappa shape index (κ1) is 37.7. The summed E-state index contributed by atoms with van der Waals surface area (Å²) in [5.74, 6) is -14.9. The fourth-order valence-corrected chi connectivity index (χ4v) is 9.88. The molecule has 0 aromatic heterocycles. The second kappa shape index (κ2) is 14.6. The summed E-state index contributed by atoms with van der Waals surface area (Å²) in [4.78, 5) is -0.304. The molecule has 0 spiro atoms. The topological polar surface area (TPSA) is 43.4 Å². The maximum Gasteiger partial charge on any atom is 0.460 e. The molecule has 0 amide bonds. The summed E-state index contributed by atoms with van der Waals surface area (Å²) in [5.41, 5.74) is 1.55. The van der Waals surface area contributed by atoms with E-state index in [-0.39, 0.29) is 14.7 Å². The van der Waals surface area contributed by atoms with Crippen LogP contribution in [0.2, 0.25) is 0 Å². The Bertz CT molecular complexity index is 1460. The molecule has 0 N–H and O–H groups in total. The molecule has 3 aromatic rings. The maximum atomic E-state index is 15.1. The summed E-state index contributed by atoms with van der Waals surface area (Å²) in [5, 5.41) is -7.02. The number of hydrogen-bond acceptors (Lipinski definition) is 3. The minimum atomic E-state index is -7.44. The first-order valence-corrected chi connectivity index (χ1v) is 17.6. The van der Waals surface area contributed by atoms with E-state index in [2.05, 4.69) is 0 Å². The molecular formula is C32H35F9O3S2. The van der Waals surface area contributed by atoms with Gasteiger partial charge in [-0.15, -0.1) is 0 Å². The lowest BCUT2D eigenvalue weighted by Gasteiger charge is -2.41. The molecule has 0 unspecified atom stereocenters. The third-order valence-electron chi connectivity index (χ3n) is 7.35. The van der Waals surface area contributed by atoms with E-state index >= 15 is 8.78 Å². The van der Waals surface area contributed by atoms with Crippen molar-refractivity contribution in [2.75, 3.05) is 0 Å². The van der Waals surface area contributed by atoms with Crippen molar-refractivity contribution < 1.29 is 51.6 Å². The van der Waals surface area contributed by atoms with Crippen LogP contribution in [-0.2, 0) is 26.6 Å². The van der Waals surface area contributed by atoms with Crippen LogP contribution < -0.4 is 0 Å². The number of unbranched alkanes of at least 4 members (excludes halogenated alkanes) is 4. The molecule has 0 heterocycles. The Labute approximate surface area is 264 Å². The molecule has 0 radical (unpaired) electrons. The third kappa shape index (κ3) is 7.38. The minimum absolute atomic E-state index is 0.0954. The van der Waals surface area contributed by atoms with E-state index in [1.165, 1.54) is 54.6 Å². The van der Waals surface area contributed by atoms with Gasteiger partial charge in [-0.2, -0.15) is 47.9 Å². The van der Waals surface area contributed by atoms with Gasteiger partial charge in [0.25, 0.3) is 0 Å². The largest absolute Gasteiger partial charge is 0.460 e. The highest BCUT2D eigenvalue weighted by atomic mass is 32.3. The average Bonchev–Trinajstić information content (AvgIpc) is 3.00. The zero-order valence-electron chi connectivity index (χ0n) is 25.1. The number of benzene rings is 3. The van der Waals surface area contributed by atoms with Crippen molar-refractivity contribution in [3.8, 4) is 0 Å². The van der Waals surface area contributed by atoms with Crippen LogP contribution in [0.25, 0.3) is 0 Å². The zero-order valence-corrected chi connectivity index (χ0v) is 26.7. The summed E-state index contributed by atoms with van der Waals surface area (Å²) in [6.45, 7) is 3.99. The fourth-order valence-electron chi connectivity index (χ4n) is 4.69. The van der Waals surface area contributed by atoms with Crippen molar-refractivity contribution in [1.82, 2.24) is 0 Å². The summed E-state index contributed by atoms with van der Waals surface area (Å²) in [6.07, 6.45) is -0.763. The lowest BCUT2D eigenvalue weighted by molar-refractivity contribution is -0.382. The van der Waals surface area contributed by atoms with Gasteiger partial charge in [-0.1, -0.05) is 82.0 Å². The Hall–Kier alpha value is -2.71. The molecule has 0 atom stereocenters. The van der Waals surface area contributed by atoms with Gasteiger partial charge in [0.2, 0.25) is 0 Å². The van der Waals surface area contributed by atoms with Gasteiger partial charge in [-0.05, 0) is 83.5 Å². The number of aryl methyl sites for hydroxylation is 2. The van der Waals surface area contributed by atoms with Crippen LogP contribution in [0.5, 0.6) is 0 Å². The molecular weight excluding hydrogens is 667 g/mol. The molecule has 3 nitrogen and oxygen atoms in total. The SMILES string of the molecule is CCCCCc1ccc(S(OS(=O)(=O)C(F)(F)C(F)(F)C(F)(F)C(F)(F)F)(c2ccccc2)c2ccc(CCCCC)cc2)cc1. The molecule has 0 saturated carbocycles. The Morgan fingerprint density at radius 3 is 1.30 bits per heavy atom. The van der Waals surface area contributed by atoms with Crippen molar-refractivity contribution in [1.29, 1.82) is 0 Å². The molecule has 46 heavy (non-hydrogen) atoms. The van der Waals surface area contributed by atoms with Crippen LogP contribution in [0.4, 0.5) is 39.5 Å². The summed E-state index contributed by atoms with van der Waals surface area (Å²) in [6, 6.07) is 18.5. The van der Waals surface area contributed by atoms with E-state index in [1.54, 1.807) is 24.3 Å². The smallest absolute Gasteiger partial charge is 0.202 e. The van der Waals surface area contributed by atoms with Gasteiger partial charge in [0.1, 0.15) is 0 Å². The van der Waals surface area contributed by atoms with E-state index in [9.17, 15) is 39.2 Å². The van der Waals surface area contributed by atoms with Gasteiger partial charge in [0.05, 0.1) is 0 Å². The number of rotatable bonds is 16. The van der Waals surface area contributed by atoms with Crippen molar-refractivity contribution >= 4 is 20.4 Å². The van der Waals surface area contributed by atoms with Crippen molar-refractivity contribution in [2.24, 2.45) is 0 Å². The van der Waals surface area contributed by atoms with Gasteiger partial charge in [0, 0.05) is 14.7 Å². The van der Waals surface area contributed by atoms with E-state index < -0.39 is 43.7 Å². The monoisotopic (exact) mass is 702 g/mol. The van der Waals surface area contributed by atoms with E-state index in [0.29, 0.717) is 12.8 Å². The molecule has 3 rings (SSSR count). The van der Waals surface area contributed by atoms with E-state index in [4.69, 9.17) is 3.63 Å². The average molecular weight is 703 g/mol. The number of halogens is 9. The van der Waals surface area contributed by atoms with Crippen molar-refractivity contribution in [2.45, 2.75) is 103 Å². The number of hydrogen-bond donors (Lipinski definition) is 0. The second-order valence-electron chi connectivity index (χ2n) is 10.8. The van der Waals surface area contributed by atoms with Crippen LogP contribution in [0.3, 0.4) is 0 Å². The van der Waals surface area contributed by atoms with Gasteiger partial charge < -0.3 is 0 Å². The normalized spacial score (nSPS) is 14.0. The first-order chi connectivity index (χ1) is 21.4. The van der Waals surface area contributed by atoms with Crippen LogP contribution in [0.1, 0.15) is 63.5 Å². The molecule has 0 fully saturated rings. The standard InChI is InChI=1S/C32H35F9O3S2/c1-3-5-8-12-24-16-20-27(21-17-24)45(26-14-10-7-11-15-26,28-22-18-25(19-23-28)13-9-6-4-2)44-46(42,43)32(40,41)30(35,36)29(33,34)31(37,38)39/h7,10-11,14-23H,3-6,8-9,12-13H2,1-2H3. The molecule has 0 aliphatic heterocycles. The Kier molecular flexibility index (Phi) is 12.0. The Balaban J connectivity index is 2.29. The molecule has 3 aromatic carbocycles. The summed E-state index contributed by atoms with van der Waals surface area (Å²) >= 11 is 0. The number of alkyl halides is 9. The Morgan fingerprint density at radius 1 is 0.543 bits per heavy atom. The van der Waals surface area contributed by atoms with Gasteiger partial charge in [0.15, 0.2) is 0 Å². The quantitative estimate of drug-likeness (QED) is 0.110. The predicted molar refractivity (Wildman–Crippen MR) is 159 cm³/mol. The predicted octanol–water partition coefficient (Wildman–Crippen LogP) is 11.1. The molecule has 0 saturated heterocycles. The van der Waals surface area contributed by atoms with Crippen molar-refractivity contribution in [3.05, 3.63) is 90.0 Å². The molecule has 0 aliphatic carbocycles.